The van der Waals surface area contributed by atoms with Gasteiger partial charge in [-0.2, -0.15) is 0 Å². The number of nitrogens with zero attached hydrogens (tertiary/aromatic N) is 2. The summed E-state index contributed by atoms with van der Waals surface area (Å²) in [5.74, 6) is 0.677. The molecule has 8 nitrogen and oxygen atoms in total. The van der Waals surface area contributed by atoms with Crippen LogP contribution in [0.2, 0.25) is 0 Å². The summed E-state index contributed by atoms with van der Waals surface area (Å²) in [7, 11) is 2.97. The number of halogens is 2. The Bertz CT molecular complexity index is 1520. The maximum absolute atomic E-state index is 14.7. The Kier molecular flexibility index (Phi) is 7.92. The van der Waals surface area contributed by atoms with Crippen molar-refractivity contribution in [2.75, 3.05) is 31.0 Å². The number of carbonyl (C=O) groups excluding carboxylic acids is 1. The van der Waals surface area contributed by atoms with Crippen molar-refractivity contribution in [3.05, 3.63) is 94.7 Å². The Morgan fingerprint density at radius 1 is 1.18 bits per heavy atom. The minimum atomic E-state index is -0.476. The zero-order valence-corrected chi connectivity index (χ0v) is 23.4. The van der Waals surface area contributed by atoms with Crippen LogP contribution in [0.3, 0.4) is 0 Å². The van der Waals surface area contributed by atoms with Gasteiger partial charge >= 0.3 is 0 Å². The van der Waals surface area contributed by atoms with Crippen LogP contribution in [0, 0.1) is 5.82 Å². The van der Waals surface area contributed by atoms with Crippen LogP contribution >= 0.6 is 28.1 Å². The number of hydrogen-bond donors (Lipinski definition) is 2. The summed E-state index contributed by atoms with van der Waals surface area (Å²) in [6.07, 6.45) is 1.71. The van der Waals surface area contributed by atoms with E-state index in [1.54, 1.807) is 36.5 Å². The predicted molar refractivity (Wildman–Crippen MR) is 153 cm³/mol. The molecule has 1 fully saturated rings. The average Bonchev–Trinajstić information content (AvgIpc) is 3.54. The molecule has 200 valence electrons. The number of pyridine rings is 1. The molecule has 1 aliphatic rings. The average molecular weight is 611 g/mol. The van der Waals surface area contributed by atoms with Crippen molar-refractivity contribution >= 4 is 50.5 Å². The molecule has 1 amide bonds. The second-order valence-corrected chi connectivity index (χ2v) is 9.99. The summed E-state index contributed by atoms with van der Waals surface area (Å²) in [5.41, 5.74) is 2.22. The van der Waals surface area contributed by atoms with Crippen LogP contribution in [-0.4, -0.2) is 36.8 Å². The molecule has 0 saturated carbocycles. The maximum atomic E-state index is 14.7. The fraction of sp³-hybridized carbons (Fsp3) is 0.179. The molecule has 0 bridgehead atoms. The highest BCUT2D eigenvalue weighted by Gasteiger charge is 2.43. The van der Waals surface area contributed by atoms with Gasteiger partial charge in [0.15, 0.2) is 5.11 Å². The van der Waals surface area contributed by atoms with Gasteiger partial charge in [-0.05, 0) is 72.9 Å². The first-order valence-electron chi connectivity index (χ1n) is 11.9. The molecule has 2 aromatic carbocycles. The van der Waals surface area contributed by atoms with E-state index in [2.05, 4.69) is 31.5 Å². The first-order valence-corrected chi connectivity index (χ1v) is 13.1. The summed E-state index contributed by atoms with van der Waals surface area (Å²) in [6, 6.07) is 18.5. The zero-order chi connectivity index (χ0) is 27.5. The fourth-order valence-electron chi connectivity index (χ4n) is 4.53. The van der Waals surface area contributed by atoms with E-state index in [4.69, 9.17) is 26.1 Å². The molecule has 0 radical (unpaired) electrons. The Balaban J connectivity index is 1.59. The van der Waals surface area contributed by atoms with Gasteiger partial charge in [-0.1, -0.05) is 22.0 Å². The standard InChI is InChI=1S/C28H24BrFN4O4S/c1-36-15-25(35)32-21-14-17(7-9-23(21)37-2)34-27(26(33-28(34)39)20-5-3-4-12-31-20)24-11-10-22(38-24)18-8-6-16(29)13-19(18)30/h3-14,26-27H,15H2,1-2H3,(H,32,35)(H,33,39)/t26-,27+/m1/s1. The normalized spacial score (nSPS) is 16.7. The molecule has 1 aliphatic heterocycles. The third-order valence-corrected chi connectivity index (χ3v) is 7.03. The molecule has 0 spiro atoms. The van der Waals surface area contributed by atoms with Crippen molar-refractivity contribution in [2.24, 2.45) is 0 Å². The zero-order valence-electron chi connectivity index (χ0n) is 21.0. The number of methoxy groups -OCH3 is 2. The lowest BCUT2D eigenvalue weighted by atomic mass is 10.0. The van der Waals surface area contributed by atoms with Crippen molar-refractivity contribution in [2.45, 2.75) is 12.1 Å². The highest BCUT2D eigenvalue weighted by molar-refractivity contribution is 9.10. The number of carbonyl (C=O) groups is 1. The topological polar surface area (TPSA) is 88.9 Å². The summed E-state index contributed by atoms with van der Waals surface area (Å²) >= 11 is 9.08. The summed E-state index contributed by atoms with van der Waals surface area (Å²) < 4.78 is 32.0. The lowest BCUT2D eigenvalue weighted by Gasteiger charge is -2.27. The Labute approximate surface area is 238 Å². The highest BCUT2D eigenvalue weighted by atomic mass is 79.9. The highest BCUT2D eigenvalue weighted by Crippen LogP contribution is 2.44. The van der Waals surface area contributed by atoms with Crippen molar-refractivity contribution in [3.8, 4) is 17.1 Å². The lowest BCUT2D eigenvalue weighted by Crippen LogP contribution is -2.29. The number of furan rings is 1. The number of amides is 1. The third kappa shape index (κ3) is 5.51. The van der Waals surface area contributed by atoms with Crippen LogP contribution in [0.5, 0.6) is 5.75 Å². The molecule has 0 unspecified atom stereocenters. The number of ether oxygens (including phenoxy) is 2. The van der Waals surface area contributed by atoms with Crippen LogP contribution in [0.15, 0.2) is 81.8 Å². The Morgan fingerprint density at radius 3 is 2.74 bits per heavy atom. The molecule has 0 aliphatic carbocycles. The van der Waals surface area contributed by atoms with Crippen LogP contribution in [0.25, 0.3) is 11.3 Å². The van der Waals surface area contributed by atoms with Gasteiger partial charge < -0.3 is 29.4 Å². The van der Waals surface area contributed by atoms with Crippen LogP contribution < -0.4 is 20.3 Å². The number of thiocarbonyl (C=S) groups is 1. The molecule has 4 aromatic rings. The third-order valence-electron chi connectivity index (χ3n) is 6.22. The second-order valence-electron chi connectivity index (χ2n) is 8.69. The lowest BCUT2D eigenvalue weighted by molar-refractivity contribution is -0.119. The number of aromatic nitrogens is 1. The molecule has 39 heavy (non-hydrogen) atoms. The first kappa shape index (κ1) is 26.8. The van der Waals surface area contributed by atoms with E-state index >= 15 is 0 Å². The molecular formula is C28H24BrFN4O4S. The van der Waals surface area contributed by atoms with Crippen molar-refractivity contribution < 1.29 is 23.1 Å². The van der Waals surface area contributed by atoms with Gasteiger partial charge in [0.05, 0.1) is 30.1 Å². The van der Waals surface area contributed by atoms with Crippen LogP contribution in [0.1, 0.15) is 23.5 Å². The molecule has 3 heterocycles. The fourth-order valence-corrected chi connectivity index (χ4v) is 5.21. The van der Waals surface area contributed by atoms with Gasteiger partial charge in [0.2, 0.25) is 5.91 Å². The monoisotopic (exact) mass is 610 g/mol. The number of hydrogen-bond acceptors (Lipinski definition) is 6. The van der Waals surface area contributed by atoms with Crippen molar-refractivity contribution in [1.82, 2.24) is 10.3 Å². The SMILES string of the molecule is COCC(=O)Nc1cc(N2C(=S)N[C@H](c3ccccn3)[C@@H]2c2ccc(-c3ccc(Br)cc3F)o2)ccc1OC. The molecule has 2 N–H and O–H groups in total. The first-order chi connectivity index (χ1) is 18.9. The molecule has 2 atom stereocenters. The van der Waals surface area contributed by atoms with Crippen LogP contribution in [-0.2, 0) is 9.53 Å². The number of rotatable bonds is 8. The number of benzene rings is 2. The van der Waals surface area contributed by atoms with E-state index in [9.17, 15) is 9.18 Å². The van der Waals surface area contributed by atoms with E-state index in [1.165, 1.54) is 20.3 Å². The van der Waals surface area contributed by atoms with Crippen LogP contribution in [0.4, 0.5) is 15.8 Å². The predicted octanol–water partition coefficient (Wildman–Crippen LogP) is 6.01. The molecule has 5 rings (SSSR count). The summed E-state index contributed by atoms with van der Waals surface area (Å²) in [5, 5.41) is 6.61. The smallest absolute Gasteiger partial charge is 0.250 e. The van der Waals surface area contributed by atoms with E-state index in [0.717, 1.165) is 5.69 Å². The summed E-state index contributed by atoms with van der Waals surface area (Å²) in [6.45, 7) is -0.108. The number of anilines is 2. The minimum absolute atomic E-state index is 0.108. The molecule has 1 saturated heterocycles. The van der Waals surface area contributed by atoms with Gasteiger partial charge in [-0.3, -0.25) is 9.78 Å². The van der Waals surface area contributed by atoms with Crippen molar-refractivity contribution in [3.63, 3.8) is 0 Å². The van der Waals surface area contributed by atoms with E-state index in [-0.39, 0.29) is 18.6 Å². The molecule has 2 aromatic heterocycles. The Morgan fingerprint density at radius 2 is 2.03 bits per heavy atom. The van der Waals surface area contributed by atoms with Gasteiger partial charge in [0, 0.05) is 23.5 Å². The quantitative estimate of drug-likeness (QED) is 0.234. The van der Waals surface area contributed by atoms with E-state index in [1.807, 2.05) is 35.2 Å². The van der Waals surface area contributed by atoms with Gasteiger partial charge in [-0.25, -0.2) is 4.39 Å². The minimum Gasteiger partial charge on any atom is -0.495 e. The van der Waals surface area contributed by atoms with Crippen molar-refractivity contribution in [1.29, 1.82) is 0 Å². The van der Waals surface area contributed by atoms with E-state index in [0.29, 0.717) is 43.8 Å². The van der Waals surface area contributed by atoms with Gasteiger partial charge in [0.25, 0.3) is 0 Å². The molecular weight excluding hydrogens is 587 g/mol. The van der Waals surface area contributed by atoms with Gasteiger partial charge in [-0.15, -0.1) is 0 Å². The number of nitrogens with one attached hydrogen (secondary N) is 2. The largest absolute Gasteiger partial charge is 0.495 e. The summed E-state index contributed by atoms with van der Waals surface area (Å²) in [4.78, 5) is 18.7. The molecule has 11 heteroatoms. The Hall–Kier alpha value is -3.80. The maximum Gasteiger partial charge on any atom is 0.250 e. The second kappa shape index (κ2) is 11.5. The van der Waals surface area contributed by atoms with Gasteiger partial charge in [0.1, 0.15) is 35.7 Å². The van der Waals surface area contributed by atoms with E-state index < -0.39 is 11.9 Å².